The highest BCUT2D eigenvalue weighted by Crippen LogP contribution is 2.10. The van der Waals surface area contributed by atoms with Gasteiger partial charge in [0.2, 0.25) is 0 Å². The Morgan fingerprint density at radius 3 is 1.06 bits per heavy atom. The first-order valence-electron chi connectivity index (χ1n) is 11.6. The van der Waals surface area contributed by atoms with Crippen molar-refractivity contribution in [2.75, 3.05) is 39.6 Å². The van der Waals surface area contributed by atoms with Crippen molar-refractivity contribution in [3.8, 4) is 0 Å². The fourth-order valence-corrected chi connectivity index (χ4v) is 3.13. The zero-order chi connectivity index (χ0) is 25.7. The second kappa shape index (κ2) is 11.6. The zero-order valence-electron chi connectivity index (χ0n) is 19.5. The van der Waals surface area contributed by atoms with Crippen LogP contribution < -0.4 is 17.1 Å². The fourth-order valence-electron chi connectivity index (χ4n) is 3.13. The van der Waals surface area contributed by atoms with Gasteiger partial charge in [0.1, 0.15) is 38.1 Å². The first-order chi connectivity index (χ1) is 17.3. The first-order valence-corrected chi connectivity index (χ1v) is 11.6. The number of aromatic nitrogens is 3. The van der Waals surface area contributed by atoms with Crippen molar-refractivity contribution in [1.29, 1.82) is 0 Å². The zero-order valence-corrected chi connectivity index (χ0v) is 19.5. The van der Waals surface area contributed by atoms with Crippen LogP contribution in [0.5, 0.6) is 0 Å². The molecule has 0 aromatic carbocycles. The van der Waals surface area contributed by atoms with Gasteiger partial charge in [-0.1, -0.05) is 0 Å². The molecule has 0 bridgehead atoms. The summed E-state index contributed by atoms with van der Waals surface area (Å²) >= 11 is 0. The molecule has 1 aromatic heterocycles. The molecule has 0 spiro atoms. The number of carbonyl (C=O) groups is 3. The Bertz CT molecular complexity index is 983. The molecule has 3 atom stereocenters. The predicted octanol–water partition coefficient (Wildman–Crippen LogP) is -2.83. The summed E-state index contributed by atoms with van der Waals surface area (Å²) in [6.07, 6.45) is -1.37. The number of carbonyl (C=O) groups excluding carboxylic acids is 3. The summed E-state index contributed by atoms with van der Waals surface area (Å²) in [4.78, 5) is 74.7. The number of hydrogen-bond acceptors (Lipinski definition) is 12. The maximum absolute atomic E-state index is 12.9. The predicted molar refractivity (Wildman–Crippen MR) is 115 cm³/mol. The molecular weight excluding hydrogens is 486 g/mol. The molecule has 15 heteroatoms. The van der Waals surface area contributed by atoms with Crippen molar-refractivity contribution >= 4 is 17.9 Å². The van der Waals surface area contributed by atoms with Gasteiger partial charge in [-0.15, -0.1) is 0 Å². The second-order valence-electron chi connectivity index (χ2n) is 8.47. The quantitative estimate of drug-likeness (QED) is 0.133. The van der Waals surface area contributed by atoms with Crippen LogP contribution in [0.15, 0.2) is 14.4 Å². The first kappa shape index (κ1) is 25.8. The van der Waals surface area contributed by atoms with Crippen LogP contribution in [-0.2, 0) is 62.4 Å². The molecule has 3 saturated heterocycles. The summed E-state index contributed by atoms with van der Waals surface area (Å²) in [6.45, 7) is 0.593. The molecular formula is C21H27N3O12. The van der Waals surface area contributed by atoms with Crippen LogP contribution in [0.3, 0.4) is 0 Å². The van der Waals surface area contributed by atoms with Crippen LogP contribution in [-0.4, -0.2) is 89.6 Å². The standard InChI is InChI=1S/C21H27N3O12/c25-16(34-10-13-7-31-13)1-4-22-19(28)23(5-2-17(26)35-11-14-8-32-14)21(30)24(20(22)29)6-3-18(27)36-12-15-9-33-15/h13-15H,1-12H2. The Balaban J connectivity index is 1.46. The lowest BCUT2D eigenvalue weighted by molar-refractivity contribution is -0.145. The number of esters is 3. The summed E-state index contributed by atoms with van der Waals surface area (Å²) in [6, 6.07) is 0. The van der Waals surface area contributed by atoms with Gasteiger partial charge in [-0.2, -0.15) is 0 Å². The molecule has 198 valence electrons. The molecule has 3 aliphatic heterocycles. The van der Waals surface area contributed by atoms with Crippen molar-refractivity contribution in [3.63, 3.8) is 0 Å². The minimum atomic E-state index is -0.994. The highest BCUT2D eigenvalue weighted by atomic mass is 16.6. The van der Waals surface area contributed by atoms with Crippen LogP contribution in [0.1, 0.15) is 19.3 Å². The Hall–Kier alpha value is -3.30. The molecule has 0 amide bonds. The third-order valence-corrected chi connectivity index (χ3v) is 5.50. The minimum Gasteiger partial charge on any atom is -0.463 e. The summed E-state index contributed by atoms with van der Waals surface area (Å²) in [7, 11) is 0. The average Bonchev–Trinajstić information content (AvgIpc) is 3.70. The van der Waals surface area contributed by atoms with Gasteiger partial charge >= 0.3 is 35.0 Å². The third kappa shape index (κ3) is 7.60. The van der Waals surface area contributed by atoms with Crippen LogP contribution >= 0.6 is 0 Å². The number of hydrogen-bond donors (Lipinski definition) is 0. The van der Waals surface area contributed by atoms with Gasteiger partial charge in [0.25, 0.3) is 0 Å². The van der Waals surface area contributed by atoms with E-state index < -0.39 is 35.0 Å². The molecule has 4 heterocycles. The lowest BCUT2D eigenvalue weighted by atomic mass is 10.4. The summed E-state index contributed by atoms with van der Waals surface area (Å²) in [5.41, 5.74) is -2.98. The lowest BCUT2D eigenvalue weighted by Gasteiger charge is -2.14. The Morgan fingerprint density at radius 2 is 0.833 bits per heavy atom. The molecule has 0 saturated carbocycles. The van der Waals surface area contributed by atoms with Gasteiger partial charge in [0.15, 0.2) is 0 Å². The lowest BCUT2D eigenvalue weighted by Crippen LogP contribution is -2.55. The van der Waals surface area contributed by atoms with Gasteiger partial charge < -0.3 is 28.4 Å². The van der Waals surface area contributed by atoms with E-state index in [2.05, 4.69) is 0 Å². The van der Waals surface area contributed by atoms with Crippen LogP contribution in [0.4, 0.5) is 0 Å². The summed E-state index contributed by atoms with van der Waals surface area (Å²) in [5.74, 6) is -1.96. The molecule has 0 aliphatic carbocycles. The fraction of sp³-hybridized carbons (Fsp3) is 0.714. The van der Waals surface area contributed by atoms with Gasteiger partial charge in [0, 0.05) is 19.6 Å². The third-order valence-electron chi connectivity index (χ3n) is 5.50. The summed E-state index contributed by atoms with van der Waals surface area (Å²) in [5, 5.41) is 0. The molecule has 3 unspecified atom stereocenters. The maximum Gasteiger partial charge on any atom is 0.336 e. The second-order valence-corrected chi connectivity index (χ2v) is 8.47. The monoisotopic (exact) mass is 513 g/mol. The average molecular weight is 513 g/mol. The SMILES string of the molecule is O=C(CCn1c(=O)n(CCC(=O)OCC2CO2)c(=O)n(CCC(=O)OCC2CO2)c1=O)OCC1CO1. The van der Waals surface area contributed by atoms with E-state index in [-0.39, 0.29) is 77.0 Å². The molecule has 0 N–H and O–H groups in total. The van der Waals surface area contributed by atoms with E-state index in [4.69, 9.17) is 28.4 Å². The number of rotatable bonds is 15. The van der Waals surface area contributed by atoms with Gasteiger partial charge in [-0.25, -0.2) is 28.1 Å². The van der Waals surface area contributed by atoms with E-state index in [0.29, 0.717) is 33.5 Å². The molecule has 1 aromatic rings. The highest BCUT2D eigenvalue weighted by Gasteiger charge is 2.26. The molecule has 15 nitrogen and oxygen atoms in total. The van der Waals surface area contributed by atoms with Crippen LogP contribution in [0, 0.1) is 0 Å². The van der Waals surface area contributed by atoms with E-state index in [1.807, 2.05) is 0 Å². The van der Waals surface area contributed by atoms with Crippen LogP contribution in [0.25, 0.3) is 0 Å². The van der Waals surface area contributed by atoms with E-state index in [0.717, 1.165) is 0 Å². The van der Waals surface area contributed by atoms with E-state index in [9.17, 15) is 28.8 Å². The molecule has 3 fully saturated rings. The minimum absolute atomic E-state index is 0.0689. The number of nitrogens with zero attached hydrogens (tertiary/aromatic N) is 3. The largest absolute Gasteiger partial charge is 0.463 e. The topological polar surface area (TPSA) is 182 Å². The molecule has 0 radical (unpaired) electrons. The Labute approximate surface area is 203 Å². The van der Waals surface area contributed by atoms with Crippen molar-refractivity contribution in [2.45, 2.75) is 57.2 Å². The number of ether oxygens (including phenoxy) is 6. The van der Waals surface area contributed by atoms with Gasteiger partial charge in [-0.3, -0.25) is 14.4 Å². The Morgan fingerprint density at radius 1 is 0.583 bits per heavy atom. The van der Waals surface area contributed by atoms with Crippen molar-refractivity contribution in [1.82, 2.24) is 13.7 Å². The maximum atomic E-state index is 12.9. The highest BCUT2D eigenvalue weighted by molar-refractivity contribution is 5.70. The summed E-state index contributed by atoms with van der Waals surface area (Å²) < 4.78 is 32.0. The van der Waals surface area contributed by atoms with E-state index in [1.165, 1.54) is 0 Å². The van der Waals surface area contributed by atoms with E-state index >= 15 is 0 Å². The molecule has 36 heavy (non-hydrogen) atoms. The van der Waals surface area contributed by atoms with Gasteiger partial charge in [-0.05, 0) is 0 Å². The van der Waals surface area contributed by atoms with Crippen molar-refractivity contribution in [3.05, 3.63) is 31.5 Å². The van der Waals surface area contributed by atoms with E-state index in [1.54, 1.807) is 0 Å². The molecule has 4 rings (SSSR count). The normalized spacial score (nSPS) is 21.5. The smallest absolute Gasteiger partial charge is 0.336 e. The van der Waals surface area contributed by atoms with Crippen LogP contribution in [0.2, 0.25) is 0 Å². The van der Waals surface area contributed by atoms with Gasteiger partial charge in [0.05, 0.1) is 39.1 Å². The number of epoxide rings is 3. The van der Waals surface area contributed by atoms with Crippen molar-refractivity contribution < 1.29 is 42.8 Å². The Kier molecular flexibility index (Phi) is 8.32. The molecule has 3 aliphatic rings. The van der Waals surface area contributed by atoms with Crippen molar-refractivity contribution in [2.24, 2.45) is 0 Å².